The van der Waals surface area contributed by atoms with Gasteiger partial charge in [-0.1, -0.05) is 31.9 Å². The third-order valence-electron chi connectivity index (χ3n) is 1.67. The van der Waals surface area contributed by atoms with E-state index < -0.39 is 17.5 Å². The van der Waals surface area contributed by atoms with Crippen molar-refractivity contribution in [3.63, 3.8) is 0 Å². The number of rotatable bonds is 0. The number of benzene rings is 2. The minimum atomic E-state index is -0.568. The molecular formula is C13H10Br2F3KO2. The van der Waals surface area contributed by atoms with Gasteiger partial charge in [-0.3, -0.25) is 0 Å². The number of phenolic OH excluding ortho intramolecular Hbond substituents is 1. The topological polar surface area (TPSA) is 43.3 Å². The molecule has 0 unspecified atom stereocenters. The van der Waals surface area contributed by atoms with Gasteiger partial charge in [-0.2, -0.15) is 7.11 Å². The van der Waals surface area contributed by atoms with E-state index in [0.717, 1.165) is 19.2 Å². The van der Waals surface area contributed by atoms with E-state index in [0.29, 0.717) is 8.95 Å². The summed E-state index contributed by atoms with van der Waals surface area (Å²) in [5.74, 6) is -1.65. The van der Waals surface area contributed by atoms with E-state index >= 15 is 0 Å². The monoisotopic (exact) mass is 452 g/mol. The molecule has 0 aliphatic rings. The van der Waals surface area contributed by atoms with Gasteiger partial charge in [0, 0.05) is 21.1 Å². The van der Waals surface area contributed by atoms with Gasteiger partial charge in [0.15, 0.2) is 0 Å². The molecule has 0 aliphatic heterocycles. The van der Waals surface area contributed by atoms with Crippen molar-refractivity contribution in [3.05, 3.63) is 62.8 Å². The molecule has 0 amide bonds. The Balaban J connectivity index is 0. The largest absolute Gasteiger partial charge is 1.00 e. The van der Waals surface area contributed by atoms with Crippen molar-refractivity contribution in [3.8, 4) is 5.75 Å². The first-order chi connectivity index (χ1) is 9.36. The molecule has 0 atom stereocenters. The van der Waals surface area contributed by atoms with Crippen LogP contribution in [0.2, 0.25) is 0 Å². The Morgan fingerprint density at radius 1 is 0.762 bits per heavy atom. The van der Waals surface area contributed by atoms with E-state index in [4.69, 9.17) is 10.2 Å². The third-order valence-corrected chi connectivity index (χ3v) is 2.59. The van der Waals surface area contributed by atoms with Crippen LogP contribution in [0.15, 0.2) is 45.3 Å². The van der Waals surface area contributed by atoms with Crippen LogP contribution >= 0.6 is 31.9 Å². The van der Waals surface area contributed by atoms with Gasteiger partial charge in [-0.05, 0) is 24.3 Å². The molecular weight excluding hydrogens is 444 g/mol. The molecule has 1 N–H and O–H groups in total. The van der Waals surface area contributed by atoms with Crippen molar-refractivity contribution < 1.29 is 74.8 Å². The number of hydrogen-bond acceptors (Lipinski definition) is 2. The van der Waals surface area contributed by atoms with E-state index in [9.17, 15) is 13.2 Å². The SMILES string of the molecule is C[O-].Fc1cc(F)cc(Br)c1.Oc1cc(F)cc(Br)c1.[K+]. The van der Waals surface area contributed by atoms with Crippen molar-refractivity contribution in [1.29, 1.82) is 0 Å². The zero-order valence-corrected chi connectivity index (χ0v) is 17.5. The van der Waals surface area contributed by atoms with Crippen LogP contribution in [0.25, 0.3) is 0 Å². The molecule has 0 radical (unpaired) electrons. The molecule has 0 fully saturated rings. The summed E-state index contributed by atoms with van der Waals surface area (Å²) in [7, 11) is 0.750. The number of halogens is 5. The Hall–Kier alpha value is 0.586. The summed E-state index contributed by atoms with van der Waals surface area (Å²) >= 11 is 5.95. The minimum Gasteiger partial charge on any atom is -0.857 e. The van der Waals surface area contributed by atoms with Gasteiger partial charge in [0.05, 0.1) is 0 Å². The summed E-state index contributed by atoms with van der Waals surface area (Å²) < 4.78 is 37.5. The molecule has 2 rings (SSSR count). The quantitative estimate of drug-likeness (QED) is 0.605. The number of aromatic hydroxyl groups is 1. The Labute approximate surface area is 180 Å². The molecule has 21 heavy (non-hydrogen) atoms. The summed E-state index contributed by atoms with van der Waals surface area (Å²) in [6.45, 7) is 0. The normalized spacial score (nSPS) is 8.52. The Bertz CT molecular complexity index is 406. The van der Waals surface area contributed by atoms with E-state index in [1.54, 1.807) is 0 Å². The van der Waals surface area contributed by atoms with Crippen LogP contribution in [-0.4, -0.2) is 12.2 Å². The molecule has 8 heteroatoms. The molecule has 0 spiro atoms. The van der Waals surface area contributed by atoms with E-state index in [2.05, 4.69) is 31.9 Å². The van der Waals surface area contributed by atoms with Crippen LogP contribution in [0.3, 0.4) is 0 Å². The predicted octanol–water partition coefficient (Wildman–Crippen LogP) is 1.00. The maximum absolute atomic E-state index is 12.2. The maximum atomic E-state index is 12.2. The van der Waals surface area contributed by atoms with Crippen molar-refractivity contribution in [2.45, 2.75) is 0 Å². The Morgan fingerprint density at radius 3 is 1.38 bits per heavy atom. The van der Waals surface area contributed by atoms with Crippen LogP contribution in [0.1, 0.15) is 0 Å². The van der Waals surface area contributed by atoms with Crippen molar-refractivity contribution >= 4 is 31.9 Å². The second-order valence-corrected chi connectivity index (χ2v) is 5.05. The van der Waals surface area contributed by atoms with Crippen LogP contribution < -0.4 is 56.5 Å². The summed E-state index contributed by atoms with van der Waals surface area (Å²) in [6, 6.07) is 6.96. The standard InChI is InChI=1S/C6H3BrF2.C6H4BrFO.CH3O.K/c2*7-4-1-5(8)3-6(9)2-4;1-2;/h1-3H;1-3,9H;1H3;/q;;-1;+1. The van der Waals surface area contributed by atoms with Crippen LogP contribution in [-0.2, 0) is 0 Å². The van der Waals surface area contributed by atoms with E-state index in [1.807, 2.05) is 0 Å². The molecule has 110 valence electrons. The summed E-state index contributed by atoms with van der Waals surface area (Å²) in [6.07, 6.45) is 0. The van der Waals surface area contributed by atoms with Crippen molar-refractivity contribution in [2.24, 2.45) is 0 Å². The van der Waals surface area contributed by atoms with Crippen molar-refractivity contribution in [1.82, 2.24) is 0 Å². The third kappa shape index (κ3) is 11.8. The van der Waals surface area contributed by atoms with Crippen LogP contribution in [0.5, 0.6) is 5.75 Å². The first kappa shape index (κ1) is 23.8. The zero-order valence-electron chi connectivity index (χ0n) is 11.2. The molecule has 0 saturated heterocycles. The summed E-state index contributed by atoms with van der Waals surface area (Å²) in [4.78, 5) is 0. The predicted molar refractivity (Wildman–Crippen MR) is 75.7 cm³/mol. The molecule has 0 bridgehead atoms. The molecule has 0 aliphatic carbocycles. The fourth-order valence-electron chi connectivity index (χ4n) is 1.06. The summed E-state index contributed by atoms with van der Waals surface area (Å²) in [5, 5.41) is 17.0. The molecule has 2 nitrogen and oxygen atoms in total. The molecule has 0 aromatic heterocycles. The first-order valence-corrected chi connectivity index (χ1v) is 6.63. The second-order valence-electron chi connectivity index (χ2n) is 3.22. The molecule has 0 heterocycles. The van der Waals surface area contributed by atoms with Gasteiger partial charge in [0.25, 0.3) is 0 Å². The fraction of sp³-hybridized carbons (Fsp3) is 0.0769. The molecule has 0 saturated carbocycles. The Morgan fingerprint density at radius 2 is 1.10 bits per heavy atom. The van der Waals surface area contributed by atoms with Gasteiger partial charge >= 0.3 is 51.4 Å². The smallest absolute Gasteiger partial charge is 0.857 e. The van der Waals surface area contributed by atoms with Gasteiger partial charge < -0.3 is 10.2 Å². The number of hydrogen-bond donors (Lipinski definition) is 1. The fourth-order valence-corrected chi connectivity index (χ4v) is 1.95. The first-order valence-electron chi connectivity index (χ1n) is 5.04. The minimum absolute atomic E-state index is 0. The van der Waals surface area contributed by atoms with Gasteiger partial charge in [-0.25, -0.2) is 13.2 Å². The number of phenols is 1. The zero-order chi connectivity index (χ0) is 15.7. The van der Waals surface area contributed by atoms with E-state index in [-0.39, 0.29) is 57.1 Å². The molecule has 2 aromatic rings. The summed E-state index contributed by atoms with van der Waals surface area (Å²) in [5.41, 5.74) is 0. The molecule has 2 aromatic carbocycles. The maximum Gasteiger partial charge on any atom is 1.00 e. The van der Waals surface area contributed by atoms with E-state index in [1.165, 1.54) is 24.3 Å². The average Bonchev–Trinajstić information content (AvgIpc) is 2.28. The van der Waals surface area contributed by atoms with Crippen LogP contribution in [0.4, 0.5) is 13.2 Å². The second kappa shape index (κ2) is 13.1. The van der Waals surface area contributed by atoms with Gasteiger partial charge in [-0.15, -0.1) is 0 Å². The Kier molecular flexibility index (Phi) is 14.8. The van der Waals surface area contributed by atoms with Crippen molar-refractivity contribution in [2.75, 3.05) is 7.11 Å². The van der Waals surface area contributed by atoms with Crippen LogP contribution in [0, 0.1) is 17.5 Å². The van der Waals surface area contributed by atoms with Gasteiger partial charge in [0.1, 0.15) is 23.2 Å². The van der Waals surface area contributed by atoms with Gasteiger partial charge in [0.2, 0.25) is 0 Å². The average molecular weight is 454 g/mol.